The number of aryl methyl sites for hydroxylation is 1. The van der Waals surface area contributed by atoms with Crippen LogP contribution in [0.5, 0.6) is 11.5 Å². The van der Waals surface area contributed by atoms with Crippen LogP contribution in [-0.4, -0.2) is 35.1 Å². The molecule has 1 N–H and O–H groups in total. The van der Waals surface area contributed by atoms with Gasteiger partial charge in [-0.2, -0.15) is 0 Å². The van der Waals surface area contributed by atoms with Crippen molar-refractivity contribution in [1.29, 1.82) is 0 Å². The molecule has 4 rings (SSSR count). The van der Waals surface area contributed by atoms with Crippen molar-refractivity contribution in [3.05, 3.63) is 65.0 Å². The van der Waals surface area contributed by atoms with Crippen molar-refractivity contribution < 1.29 is 22.7 Å². The SMILES string of the molecule is COc1cc(OC)cc(C(=O)Nc2ccc3c(c2)N(S(=O)(=O)c2cccs2)CCC3)c1. The van der Waals surface area contributed by atoms with E-state index in [0.717, 1.165) is 18.4 Å². The number of amides is 1. The molecule has 1 aliphatic rings. The summed E-state index contributed by atoms with van der Waals surface area (Å²) in [6, 6.07) is 13.6. The summed E-state index contributed by atoms with van der Waals surface area (Å²) in [5.41, 5.74) is 2.42. The Bertz CT molecular complexity index is 1180. The summed E-state index contributed by atoms with van der Waals surface area (Å²) in [6.07, 6.45) is 1.53. The smallest absolute Gasteiger partial charge is 0.273 e. The number of anilines is 2. The molecular weight excluding hydrogens is 436 g/mol. The van der Waals surface area contributed by atoms with Gasteiger partial charge in [0.1, 0.15) is 15.7 Å². The highest BCUT2D eigenvalue weighted by Gasteiger charge is 2.30. The topological polar surface area (TPSA) is 84.9 Å². The van der Waals surface area contributed by atoms with Crippen LogP contribution in [0.4, 0.5) is 11.4 Å². The van der Waals surface area contributed by atoms with Crippen LogP contribution in [0.1, 0.15) is 22.3 Å². The first kappa shape index (κ1) is 21.2. The average molecular weight is 459 g/mol. The Morgan fingerprint density at radius 3 is 2.45 bits per heavy atom. The molecule has 0 saturated heterocycles. The molecule has 0 radical (unpaired) electrons. The van der Waals surface area contributed by atoms with E-state index in [1.807, 2.05) is 6.07 Å². The van der Waals surface area contributed by atoms with E-state index in [9.17, 15) is 13.2 Å². The highest BCUT2D eigenvalue weighted by Crippen LogP contribution is 2.35. The van der Waals surface area contributed by atoms with Crippen molar-refractivity contribution in [3.8, 4) is 11.5 Å². The van der Waals surface area contributed by atoms with Crippen molar-refractivity contribution in [3.63, 3.8) is 0 Å². The molecule has 1 aliphatic heterocycles. The predicted molar refractivity (Wildman–Crippen MR) is 121 cm³/mol. The molecule has 1 aromatic heterocycles. The van der Waals surface area contributed by atoms with Crippen molar-refractivity contribution in [2.75, 3.05) is 30.4 Å². The highest BCUT2D eigenvalue weighted by molar-refractivity contribution is 7.94. The molecule has 0 saturated carbocycles. The number of hydrogen-bond acceptors (Lipinski definition) is 6. The van der Waals surface area contributed by atoms with Gasteiger partial charge in [0, 0.05) is 23.9 Å². The van der Waals surface area contributed by atoms with Crippen molar-refractivity contribution in [2.45, 2.75) is 17.1 Å². The van der Waals surface area contributed by atoms with Crippen LogP contribution in [0.25, 0.3) is 0 Å². The lowest BCUT2D eigenvalue weighted by atomic mass is 10.0. The monoisotopic (exact) mass is 458 g/mol. The molecule has 2 aromatic carbocycles. The Kier molecular flexibility index (Phi) is 5.88. The zero-order chi connectivity index (χ0) is 22.0. The number of rotatable bonds is 6. The van der Waals surface area contributed by atoms with Crippen LogP contribution in [0, 0.1) is 0 Å². The third kappa shape index (κ3) is 4.24. The van der Waals surface area contributed by atoms with E-state index in [-0.39, 0.29) is 5.91 Å². The van der Waals surface area contributed by atoms with Gasteiger partial charge in [0.2, 0.25) is 0 Å². The van der Waals surface area contributed by atoms with Gasteiger partial charge < -0.3 is 14.8 Å². The summed E-state index contributed by atoms with van der Waals surface area (Å²) in [4.78, 5) is 12.8. The quantitative estimate of drug-likeness (QED) is 0.600. The van der Waals surface area contributed by atoms with Crippen LogP contribution in [0.3, 0.4) is 0 Å². The minimum Gasteiger partial charge on any atom is -0.497 e. The lowest BCUT2D eigenvalue weighted by molar-refractivity contribution is 0.102. The van der Waals surface area contributed by atoms with E-state index in [1.54, 1.807) is 47.8 Å². The van der Waals surface area contributed by atoms with Gasteiger partial charge in [-0.1, -0.05) is 12.1 Å². The summed E-state index contributed by atoms with van der Waals surface area (Å²) >= 11 is 1.19. The second-order valence-corrected chi connectivity index (χ2v) is 10.0. The average Bonchev–Trinajstić information content (AvgIpc) is 3.34. The van der Waals surface area contributed by atoms with Crippen LogP contribution in [-0.2, 0) is 16.4 Å². The maximum Gasteiger partial charge on any atom is 0.273 e. The van der Waals surface area contributed by atoms with Crippen molar-refractivity contribution in [1.82, 2.24) is 0 Å². The van der Waals surface area contributed by atoms with E-state index in [1.165, 1.54) is 29.9 Å². The number of carbonyl (C=O) groups is 1. The second-order valence-electron chi connectivity index (χ2n) is 7.01. The number of nitrogens with one attached hydrogen (secondary N) is 1. The molecular formula is C22H22N2O5S2. The van der Waals surface area contributed by atoms with Gasteiger partial charge in [-0.15, -0.1) is 11.3 Å². The molecule has 0 bridgehead atoms. The van der Waals surface area contributed by atoms with E-state index >= 15 is 0 Å². The zero-order valence-corrected chi connectivity index (χ0v) is 18.8. The van der Waals surface area contributed by atoms with Gasteiger partial charge in [-0.05, 0) is 54.1 Å². The molecule has 7 nitrogen and oxygen atoms in total. The third-order valence-corrected chi connectivity index (χ3v) is 8.26. The summed E-state index contributed by atoms with van der Waals surface area (Å²) in [5, 5.41) is 4.60. The molecule has 0 spiro atoms. The molecule has 0 fully saturated rings. The van der Waals surface area contributed by atoms with Gasteiger partial charge in [0.15, 0.2) is 0 Å². The zero-order valence-electron chi connectivity index (χ0n) is 17.1. The Balaban J connectivity index is 1.64. The number of hydrogen-bond donors (Lipinski definition) is 1. The molecule has 0 unspecified atom stereocenters. The van der Waals surface area contributed by atoms with Gasteiger partial charge in [0.05, 0.1) is 19.9 Å². The lowest BCUT2D eigenvalue weighted by Crippen LogP contribution is -2.35. The standard InChI is InChI=1S/C22H22N2O5S2/c1-28-18-11-16(12-19(14-18)29-2)22(25)23-17-8-7-15-5-3-9-24(20(15)13-17)31(26,27)21-6-4-10-30-21/h4,6-8,10-14H,3,5,9H2,1-2H3,(H,23,25). The number of carbonyl (C=O) groups excluding carboxylic acids is 1. The Labute approximate surface area is 185 Å². The second kappa shape index (κ2) is 8.60. The van der Waals surface area contributed by atoms with Gasteiger partial charge >= 0.3 is 0 Å². The summed E-state index contributed by atoms with van der Waals surface area (Å²) < 4.78 is 38.4. The summed E-state index contributed by atoms with van der Waals surface area (Å²) in [7, 11) is -0.609. The fraction of sp³-hybridized carbons (Fsp3) is 0.227. The van der Waals surface area contributed by atoms with Gasteiger partial charge in [0.25, 0.3) is 15.9 Å². The number of nitrogens with zero attached hydrogens (tertiary/aromatic N) is 1. The van der Waals surface area contributed by atoms with Crippen LogP contribution in [0.15, 0.2) is 58.1 Å². The molecule has 3 aromatic rings. The molecule has 31 heavy (non-hydrogen) atoms. The van der Waals surface area contributed by atoms with E-state index in [0.29, 0.717) is 39.2 Å². The van der Waals surface area contributed by atoms with Crippen LogP contribution >= 0.6 is 11.3 Å². The minimum atomic E-state index is -3.64. The first-order chi connectivity index (χ1) is 14.9. The number of thiophene rings is 1. The molecule has 162 valence electrons. The highest BCUT2D eigenvalue weighted by atomic mass is 32.2. The van der Waals surface area contributed by atoms with Gasteiger partial charge in [-0.3, -0.25) is 9.10 Å². The number of ether oxygens (including phenoxy) is 2. The number of benzene rings is 2. The molecule has 1 amide bonds. The largest absolute Gasteiger partial charge is 0.497 e. The Morgan fingerprint density at radius 2 is 1.81 bits per heavy atom. The lowest BCUT2D eigenvalue weighted by Gasteiger charge is -2.30. The Morgan fingerprint density at radius 1 is 1.06 bits per heavy atom. The number of sulfonamides is 1. The van der Waals surface area contributed by atoms with Crippen LogP contribution < -0.4 is 19.1 Å². The maximum absolute atomic E-state index is 13.1. The van der Waals surface area contributed by atoms with E-state index in [4.69, 9.17) is 9.47 Å². The van der Waals surface area contributed by atoms with Crippen LogP contribution in [0.2, 0.25) is 0 Å². The first-order valence-corrected chi connectivity index (χ1v) is 12.0. The normalized spacial score (nSPS) is 13.4. The number of methoxy groups -OCH3 is 2. The maximum atomic E-state index is 13.1. The molecule has 0 atom stereocenters. The molecule has 9 heteroatoms. The van der Waals surface area contributed by atoms with Gasteiger partial charge in [-0.25, -0.2) is 8.42 Å². The molecule has 2 heterocycles. The summed E-state index contributed by atoms with van der Waals surface area (Å²) in [5.74, 6) is 0.659. The third-order valence-electron chi connectivity index (χ3n) is 5.07. The summed E-state index contributed by atoms with van der Waals surface area (Å²) in [6.45, 7) is 0.401. The van der Waals surface area contributed by atoms with E-state index < -0.39 is 10.0 Å². The predicted octanol–water partition coefficient (Wildman–Crippen LogP) is 4.16. The number of fused-ring (bicyclic) bond motifs is 1. The fourth-order valence-electron chi connectivity index (χ4n) is 3.53. The Hall–Kier alpha value is -3.04. The fourth-order valence-corrected chi connectivity index (χ4v) is 6.17. The molecule has 0 aliphatic carbocycles. The van der Waals surface area contributed by atoms with Crippen molar-refractivity contribution in [2.24, 2.45) is 0 Å². The van der Waals surface area contributed by atoms with Crippen molar-refractivity contribution >= 4 is 38.6 Å². The minimum absolute atomic E-state index is 0.304. The van der Waals surface area contributed by atoms with E-state index in [2.05, 4.69) is 5.32 Å². The first-order valence-electron chi connectivity index (χ1n) is 9.66.